The van der Waals surface area contributed by atoms with Crippen LogP contribution in [-0.4, -0.2) is 34.1 Å². The van der Waals surface area contributed by atoms with Crippen molar-refractivity contribution < 1.29 is 19.4 Å². The lowest BCUT2D eigenvalue weighted by molar-refractivity contribution is -0.139. The number of nitrogens with zero attached hydrogens (tertiary/aromatic N) is 2. The molecule has 0 spiro atoms. The van der Waals surface area contributed by atoms with Gasteiger partial charge in [0.25, 0.3) is 0 Å². The van der Waals surface area contributed by atoms with Gasteiger partial charge in [0.15, 0.2) is 4.34 Å². The lowest BCUT2D eigenvalue weighted by Crippen LogP contribution is -2.03. The first kappa shape index (κ1) is 15.5. The Balaban J connectivity index is 2.11. The van der Waals surface area contributed by atoms with E-state index in [0.717, 1.165) is 14.9 Å². The molecule has 0 aliphatic rings. The number of carbonyl (C=O) groups excluding carboxylic acids is 1. The van der Waals surface area contributed by atoms with Crippen LogP contribution < -0.4 is 0 Å². The molecule has 8 heteroatoms. The van der Waals surface area contributed by atoms with Gasteiger partial charge in [-0.1, -0.05) is 0 Å². The van der Waals surface area contributed by atoms with E-state index in [1.165, 1.54) is 42.5 Å². The highest BCUT2D eigenvalue weighted by Crippen LogP contribution is 2.32. The molecule has 0 bridgehead atoms. The number of ether oxygens (including phenoxy) is 1. The maximum Gasteiger partial charge on any atom is 0.337 e. The normalized spacial score (nSPS) is 10.4. The third-order valence-electron chi connectivity index (χ3n) is 2.58. The standard InChI is InChI=1S/C13H12N2O4S2/c1-7-9(5-11(16)19-2)20-13(15-7)21-10-4-3-8(6-14-10)12(17)18/h3-4,6H,5H2,1-2H3,(H,17,18). The first-order valence-corrected chi connectivity index (χ1v) is 7.53. The average Bonchev–Trinajstić information content (AvgIpc) is 2.79. The van der Waals surface area contributed by atoms with E-state index in [0.29, 0.717) is 5.03 Å². The Bertz CT molecular complexity index is 667. The molecule has 0 aliphatic heterocycles. The number of esters is 1. The summed E-state index contributed by atoms with van der Waals surface area (Å²) < 4.78 is 5.39. The highest BCUT2D eigenvalue weighted by Gasteiger charge is 2.13. The maximum atomic E-state index is 11.3. The second kappa shape index (κ2) is 6.68. The Morgan fingerprint density at radius 2 is 2.19 bits per heavy atom. The molecule has 6 nitrogen and oxygen atoms in total. The molecule has 0 saturated carbocycles. The summed E-state index contributed by atoms with van der Waals surface area (Å²) in [7, 11) is 1.35. The summed E-state index contributed by atoms with van der Waals surface area (Å²) in [6.45, 7) is 1.83. The Morgan fingerprint density at radius 3 is 2.76 bits per heavy atom. The number of aromatic nitrogens is 2. The van der Waals surface area contributed by atoms with Crippen LogP contribution in [0.25, 0.3) is 0 Å². The van der Waals surface area contributed by atoms with Crippen molar-refractivity contribution in [2.45, 2.75) is 22.7 Å². The first-order valence-electron chi connectivity index (χ1n) is 5.90. The van der Waals surface area contributed by atoms with Crippen molar-refractivity contribution in [1.82, 2.24) is 9.97 Å². The van der Waals surface area contributed by atoms with Gasteiger partial charge in [0.1, 0.15) is 5.03 Å². The largest absolute Gasteiger partial charge is 0.478 e. The molecule has 0 aromatic carbocycles. The van der Waals surface area contributed by atoms with E-state index in [1.807, 2.05) is 6.92 Å². The van der Waals surface area contributed by atoms with Gasteiger partial charge < -0.3 is 9.84 Å². The summed E-state index contributed by atoms with van der Waals surface area (Å²) >= 11 is 2.73. The second-order valence-electron chi connectivity index (χ2n) is 4.03. The lowest BCUT2D eigenvalue weighted by atomic mass is 10.3. The van der Waals surface area contributed by atoms with E-state index in [4.69, 9.17) is 5.11 Å². The summed E-state index contributed by atoms with van der Waals surface area (Å²) in [4.78, 5) is 31.3. The number of hydrogen-bond acceptors (Lipinski definition) is 7. The van der Waals surface area contributed by atoms with Gasteiger partial charge in [-0.3, -0.25) is 4.79 Å². The molecule has 2 heterocycles. The fourth-order valence-electron chi connectivity index (χ4n) is 1.47. The first-order chi connectivity index (χ1) is 9.99. The van der Waals surface area contributed by atoms with Crippen molar-refractivity contribution >= 4 is 35.0 Å². The summed E-state index contributed by atoms with van der Waals surface area (Å²) in [6, 6.07) is 3.12. The van der Waals surface area contributed by atoms with Crippen molar-refractivity contribution in [1.29, 1.82) is 0 Å². The van der Waals surface area contributed by atoms with Crippen molar-refractivity contribution in [2.24, 2.45) is 0 Å². The lowest BCUT2D eigenvalue weighted by Gasteiger charge is -1.97. The fraction of sp³-hybridized carbons (Fsp3) is 0.231. The number of hydrogen-bond donors (Lipinski definition) is 1. The molecule has 2 aromatic rings. The molecule has 0 amide bonds. The van der Waals surface area contributed by atoms with Gasteiger partial charge >= 0.3 is 11.9 Å². The Morgan fingerprint density at radius 1 is 1.43 bits per heavy atom. The zero-order valence-corrected chi connectivity index (χ0v) is 13.0. The predicted molar refractivity (Wildman–Crippen MR) is 77.9 cm³/mol. The molecule has 0 saturated heterocycles. The molecule has 2 aromatic heterocycles. The van der Waals surface area contributed by atoms with E-state index in [-0.39, 0.29) is 18.0 Å². The number of thiazole rings is 1. The van der Waals surface area contributed by atoms with Crippen LogP contribution in [0.3, 0.4) is 0 Å². The van der Waals surface area contributed by atoms with Crippen LogP contribution in [0.1, 0.15) is 20.9 Å². The third-order valence-corrected chi connectivity index (χ3v) is 4.75. The van der Waals surface area contributed by atoms with Crippen LogP contribution in [0.15, 0.2) is 27.7 Å². The van der Waals surface area contributed by atoms with E-state index in [9.17, 15) is 9.59 Å². The number of aromatic carboxylic acids is 1. The number of pyridine rings is 1. The van der Waals surface area contributed by atoms with Crippen LogP contribution in [0, 0.1) is 6.92 Å². The SMILES string of the molecule is COC(=O)Cc1sc(Sc2ccc(C(=O)O)cn2)nc1C. The van der Waals surface area contributed by atoms with Gasteiger partial charge in [-0.05, 0) is 30.8 Å². The molecule has 0 unspecified atom stereocenters. The zero-order chi connectivity index (χ0) is 15.4. The van der Waals surface area contributed by atoms with E-state index >= 15 is 0 Å². The zero-order valence-electron chi connectivity index (χ0n) is 11.3. The van der Waals surface area contributed by atoms with E-state index in [1.54, 1.807) is 6.07 Å². The van der Waals surface area contributed by atoms with Gasteiger partial charge in [0.05, 0.1) is 24.8 Å². The molecule has 21 heavy (non-hydrogen) atoms. The average molecular weight is 324 g/mol. The van der Waals surface area contributed by atoms with Crippen LogP contribution in [-0.2, 0) is 16.0 Å². The number of carboxylic acids is 1. The molecular weight excluding hydrogens is 312 g/mol. The maximum absolute atomic E-state index is 11.3. The topological polar surface area (TPSA) is 89.4 Å². The third kappa shape index (κ3) is 4.02. The molecule has 2 rings (SSSR count). The minimum absolute atomic E-state index is 0.140. The van der Waals surface area contributed by atoms with Gasteiger partial charge in [-0.25, -0.2) is 14.8 Å². The fourth-order valence-corrected chi connectivity index (χ4v) is 3.57. The summed E-state index contributed by atoms with van der Waals surface area (Å²) in [5, 5.41) is 9.46. The Labute approximate surface area is 129 Å². The highest BCUT2D eigenvalue weighted by atomic mass is 32.2. The number of rotatable bonds is 5. The quantitative estimate of drug-likeness (QED) is 0.845. The number of aryl methyl sites for hydroxylation is 1. The Hall–Kier alpha value is -1.93. The van der Waals surface area contributed by atoms with Crippen molar-refractivity contribution in [3.8, 4) is 0 Å². The number of methoxy groups -OCH3 is 1. The number of carbonyl (C=O) groups is 2. The predicted octanol–water partition coefficient (Wildman–Crippen LogP) is 2.41. The van der Waals surface area contributed by atoms with Crippen LogP contribution in [0.5, 0.6) is 0 Å². The Kier molecular flexibility index (Phi) is 4.92. The van der Waals surface area contributed by atoms with Gasteiger partial charge in [-0.15, -0.1) is 11.3 Å². The van der Waals surface area contributed by atoms with Gasteiger partial charge in [0, 0.05) is 11.1 Å². The van der Waals surface area contributed by atoms with Crippen molar-refractivity contribution in [3.05, 3.63) is 34.5 Å². The monoisotopic (exact) mass is 324 g/mol. The molecular formula is C13H12N2O4S2. The summed E-state index contributed by atoms with van der Waals surface area (Å²) in [5.74, 6) is -1.31. The van der Waals surface area contributed by atoms with Gasteiger partial charge in [0.2, 0.25) is 0 Å². The summed E-state index contributed by atoms with van der Waals surface area (Å²) in [5.41, 5.74) is 0.927. The van der Waals surface area contributed by atoms with Crippen molar-refractivity contribution in [2.75, 3.05) is 7.11 Å². The number of carboxylic acid groups (broad SMARTS) is 1. The van der Waals surface area contributed by atoms with Gasteiger partial charge in [-0.2, -0.15) is 0 Å². The molecule has 110 valence electrons. The minimum Gasteiger partial charge on any atom is -0.478 e. The van der Waals surface area contributed by atoms with Crippen molar-refractivity contribution in [3.63, 3.8) is 0 Å². The summed E-state index contributed by atoms with van der Waals surface area (Å²) in [6.07, 6.45) is 1.51. The van der Waals surface area contributed by atoms with Crippen LogP contribution >= 0.6 is 23.1 Å². The molecule has 0 atom stereocenters. The second-order valence-corrected chi connectivity index (χ2v) is 6.38. The molecule has 0 radical (unpaired) electrons. The molecule has 0 aliphatic carbocycles. The minimum atomic E-state index is -1.01. The molecule has 0 fully saturated rings. The van der Waals surface area contributed by atoms with E-state index in [2.05, 4.69) is 14.7 Å². The van der Waals surface area contributed by atoms with E-state index < -0.39 is 5.97 Å². The van der Waals surface area contributed by atoms with Crippen LogP contribution in [0.4, 0.5) is 0 Å². The van der Waals surface area contributed by atoms with Crippen LogP contribution in [0.2, 0.25) is 0 Å². The highest BCUT2D eigenvalue weighted by molar-refractivity contribution is 8.01. The molecule has 1 N–H and O–H groups in total. The smallest absolute Gasteiger partial charge is 0.337 e.